The Morgan fingerprint density at radius 2 is 1.48 bits per heavy atom. The largest absolute Gasteiger partial charge is 0.492 e. The van der Waals surface area contributed by atoms with Crippen LogP contribution in [0, 0.1) is 0 Å². The van der Waals surface area contributed by atoms with Gasteiger partial charge in [0.05, 0.1) is 28.6 Å². The van der Waals surface area contributed by atoms with Crippen molar-refractivity contribution in [3.63, 3.8) is 0 Å². The topological polar surface area (TPSA) is 59.7 Å². The van der Waals surface area contributed by atoms with Gasteiger partial charge >= 0.3 is 0 Å². The van der Waals surface area contributed by atoms with E-state index in [1.807, 2.05) is 128 Å². The number of amides is 1. The number of hydrogen-bond acceptors (Lipinski definition) is 4. The Hall–Kier alpha value is -4.94. The van der Waals surface area contributed by atoms with E-state index in [0.29, 0.717) is 40.0 Å². The smallest absolute Gasteiger partial charge is 0.281 e. The molecule has 0 fully saturated rings. The fraction of sp³-hybridized carbons (Fsp3) is 0.0606. The van der Waals surface area contributed by atoms with Gasteiger partial charge in [0.1, 0.15) is 17.2 Å². The van der Waals surface area contributed by atoms with Gasteiger partial charge in [0, 0.05) is 22.9 Å². The van der Waals surface area contributed by atoms with E-state index in [2.05, 4.69) is 0 Å². The van der Waals surface area contributed by atoms with Crippen molar-refractivity contribution in [2.24, 2.45) is 5.10 Å². The minimum atomic E-state index is -0.215. The lowest BCUT2D eigenvalue weighted by Gasteiger charge is -2.11. The number of ether oxygens (including phenoxy) is 1. The van der Waals surface area contributed by atoms with E-state index in [0.717, 1.165) is 22.4 Å². The number of rotatable bonds is 7. The van der Waals surface area contributed by atoms with E-state index in [4.69, 9.17) is 26.5 Å². The van der Waals surface area contributed by atoms with Crippen LogP contribution in [0.2, 0.25) is 5.02 Å². The van der Waals surface area contributed by atoms with E-state index < -0.39 is 0 Å². The summed E-state index contributed by atoms with van der Waals surface area (Å²) in [6, 6.07) is 34.6. The standard InChI is InChI=1S/C33H25ClN4O2/c1-2-40-30-19-18-24(21-29(30)34)31-25(22-37(35-31)26-14-8-4-9-15-26)20-28-32(23-12-6-3-7-13-23)36-38(33(28)39)27-16-10-5-11-17-27/h3-22H,2H2,1H3. The number of hydrazone groups is 1. The molecule has 1 aliphatic rings. The Bertz CT molecular complexity index is 1730. The van der Waals surface area contributed by atoms with Crippen molar-refractivity contribution >= 4 is 35.0 Å². The molecular formula is C33H25ClN4O2. The zero-order chi connectivity index (χ0) is 27.5. The number of carbonyl (C=O) groups is 1. The number of halogens is 1. The molecule has 6 rings (SSSR count). The quantitative estimate of drug-likeness (QED) is 0.200. The van der Waals surface area contributed by atoms with Crippen LogP contribution in [0.15, 0.2) is 126 Å². The zero-order valence-corrected chi connectivity index (χ0v) is 22.5. The first-order valence-electron chi connectivity index (χ1n) is 13.0. The minimum Gasteiger partial charge on any atom is -0.492 e. The molecule has 40 heavy (non-hydrogen) atoms. The van der Waals surface area contributed by atoms with Gasteiger partial charge in [0.2, 0.25) is 0 Å². The van der Waals surface area contributed by atoms with Gasteiger partial charge < -0.3 is 4.74 Å². The van der Waals surface area contributed by atoms with Gasteiger partial charge in [-0.2, -0.15) is 15.2 Å². The van der Waals surface area contributed by atoms with Crippen LogP contribution in [-0.2, 0) is 4.79 Å². The fourth-order valence-corrected chi connectivity index (χ4v) is 4.84. The normalized spacial score (nSPS) is 14.1. The van der Waals surface area contributed by atoms with Gasteiger partial charge in [-0.15, -0.1) is 0 Å². The number of anilines is 1. The average molecular weight is 545 g/mol. The summed E-state index contributed by atoms with van der Waals surface area (Å²) < 4.78 is 7.44. The molecule has 0 aliphatic carbocycles. The summed E-state index contributed by atoms with van der Waals surface area (Å²) in [5.41, 5.74) is 5.75. The number of para-hydroxylation sites is 2. The summed E-state index contributed by atoms with van der Waals surface area (Å²) in [5, 5.41) is 11.6. The van der Waals surface area contributed by atoms with Crippen molar-refractivity contribution in [3.8, 4) is 22.7 Å². The molecule has 4 aromatic carbocycles. The van der Waals surface area contributed by atoms with Crippen LogP contribution >= 0.6 is 11.6 Å². The third-order valence-electron chi connectivity index (χ3n) is 6.49. The Balaban J connectivity index is 1.51. The SMILES string of the molecule is CCOc1ccc(-c2nn(-c3ccccc3)cc2C=C2C(=O)N(c3ccccc3)N=C2c2ccccc2)cc1Cl. The number of aromatic nitrogens is 2. The first-order chi connectivity index (χ1) is 19.6. The number of carbonyl (C=O) groups excluding carboxylic acids is 1. The Kier molecular flexibility index (Phi) is 7.00. The van der Waals surface area contributed by atoms with Gasteiger partial charge in [-0.05, 0) is 55.5 Å². The molecule has 0 N–H and O–H groups in total. The fourth-order valence-electron chi connectivity index (χ4n) is 4.60. The highest BCUT2D eigenvalue weighted by Crippen LogP contribution is 2.34. The predicted molar refractivity (Wildman–Crippen MR) is 160 cm³/mol. The van der Waals surface area contributed by atoms with Crippen LogP contribution in [0.5, 0.6) is 5.75 Å². The first-order valence-corrected chi connectivity index (χ1v) is 13.3. The van der Waals surface area contributed by atoms with E-state index in [9.17, 15) is 4.79 Å². The third-order valence-corrected chi connectivity index (χ3v) is 6.79. The first kappa shape index (κ1) is 25.3. The summed E-state index contributed by atoms with van der Waals surface area (Å²) in [6.07, 6.45) is 3.78. The lowest BCUT2D eigenvalue weighted by Crippen LogP contribution is -2.21. The van der Waals surface area contributed by atoms with Crippen LogP contribution < -0.4 is 9.75 Å². The predicted octanol–water partition coefficient (Wildman–Crippen LogP) is 7.43. The molecule has 0 atom stereocenters. The molecule has 7 heteroatoms. The number of nitrogens with zero attached hydrogens (tertiary/aromatic N) is 4. The molecule has 0 bridgehead atoms. The van der Waals surface area contributed by atoms with Crippen molar-refractivity contribution in [1.29, 1.82) is 0 Å². The third kappa shape index (κ3) is 4.93. The maximum Gasteiger partial charge on any atom is 0.281 e. The highest BCUT2D eigenvalue weighted by atomic mass is 35.5. The molecule has 1 amide bonds. The minimum absolute atomic E-state index is 0.215. The van der Waals surface area contributed by atoms with Gasteiger partial charge in [0.15, 0.2) is 0 Å². The van der Waals surface area contributed by atoms with Crippen molar-refractivity contribution in [1.82, 2.24) is 9.78 Å². The van der Waals surface area contributed by atoms with Crippen LogP contribution in [0.1, 0.15) is 18.1 Å². The second-order valence-corrected chi connectivity index (χ2v) is 9.52. The van der Waals surface area contributed by atoms with Crippen molar-refractivity contribution < 1.29 is 9.53 Å². The molecule has 1 aliphatic heterocycles. The van der Waals surface area contributed by atoms with Gasteiger partial charge in [0.25, 0.3) is 5.91 Å². The highest BCUT2D eigenvalue weighted by molar-refractivity contribution is 6.37. The van der Waals surface area contributed by atoms with E-state index in [1.165, 1.54) is 5.01 Å². The molecule has 5 aromatic rings. The van der Waals surface area contributed by atoms with Crippen molar-refractivity contribution in [3.05, 3.63) is 137 Å². The van der Waals surface area contributed by atoms with E-state index in [1.54, 1.807) is 4.68 Å². The molecule has 0 saturated carbocycles. The van der Waals surface area contributed by atoms with Crippen LogP contribution in [-0.4, -0.2) is 28.0 Å². The molecule has 0 radical (unpaired) electrons. The lowest BCUT2D eigenvalue weighted by molar-refractivity contribution is -0.114. The summed E-state index contributed by atoms with van der Waals surface area (Å²) in [4.78, 5) is 13.9. The van der Waals surface area contributed by atoms with Gasteiger partial charge in [-0.3, -0.25) is 4.79 Å². The summed E-state index contributed by atoms with van der Waals surface area (Å²) in [5.74, 6) is 0.395. The average Bonchev–Trinajstić information content (AvgIpc) is 3.57. The summed E-state index contributed by atoms with van der Waals surface area (Å²) in [7, 11) is 0. The second-order valence-electron chi connectivity index (χ2n) is 9.12. The molecule has 196 valence electrons. The molecule has 0 saturated heterocycles. The van der Waals surface area contributed by atoms with Crippen LogP contribution in [0.4, 0.5) is 5.69 Å². The summed E-state index contributed by atoms with van der Waals surface area (Å²) in [6.45, 7) is 2.43. The van der Waals surface area contributed by atoms with Crippen molar-refractivity contribution in [2.75, 3.05) is 11.6 Å². The monoisotopic (exact) mass is 544 g/mol. The Morgan fingerprint density at radius 1 is 0.825 bits per heavy atom. The van der Waals surface area contributed by atoms with E-state index in [-0.39, 0.29) is 5.91 Å². The molecular weight excluding hydrogens is 520 g/mol. The molecule has 6 nitrogen and oxygen atoms in total. The molecule has 0 spiro atoms. The highest BCUT2D eigenvalue weighted by Gasteiger charge is 2.32. The number of benzene rings is 4. The second kappa shape index (κ2) is 11.0. The van der Waals surface area contributed by atoms with Gasteiger partial charge in [-0.1, -0.05) is 78.3 Å². The maximum atomic E-state index is 13.9. The summed E-state index contributed by atoms with van der Waals surface area (Å²) >= 11 is 6.56. The zero-order valence-electron chi connectivity index (χ0n) is 21.7. The van der Waals surface area contributed by atoms with Gasteiger partial charge in [-0.25, -0.2) is 4.68 Å². The molecule has 0 unspecified atom stereocenters. The lowest BCUT2D eigenvalue weighted by atomic mass is 9.99. The maximum absolute atomic E-state index is 13.9. The van der Waals surface area contributed by atoms with Crippen molar-refractivity contribution in [2.45, 2.75) is 6.92 Å². The molecule has 2 heterocycles. The number of hydrogen-bond donors (Lipinski definition) is 0. The van der Waals surface area contributed by atoms with Crippen LogP contribution in [0.25, 0.3) is 23.0 Å². The van der Waals surface area contributed by atoms with Crippen LogP contribution in [0.3, 0.4) is 0 Å². The molecule has 1 aromatic heterocycles. The Labute approximate surface area is 237 Å². The Morgan fingerprint density at radius 3 is 2.12 bits per heavy atom. The van der Waals surface area contributed by atoms with E-state index >= 15 is 0 Å².